The van der Waals surface area contributed by atoms with Crippen LogP contribution in [0.15, 0.2) is 11.1 Å². The van der Waals surface area contributed by atoms with Crippen LogP contribution < -0.4 is 0 Å². The zero-order chi connectivity index (χ0) is 14.8. The van der Waals surface area contributed by atoms with Crippen LogP contribution in [0, 0.1) is 16.7 Å². The third-order valence-electron chi connectivity index (χ3n) is 4.22. The average molecular weight is 264 g/mol. The summed E-state index contributed by atoms with van der Waals surface area (Å²) in [5.74, 6) is 0.720. The van der Waals surface area contributed by atoms with Crippen LogP contribution in [-0.2, 0) is 4.79 Å². The molecular formula is C18H32O. The predicted molar refractivity (Wildman–Crippen MR) is 83.2 cm³/mol. The lowest BCUT2D eigenvalue weighted by molar-refractivity contribution is -0.121. The Morgan fingerprint density at radius 1 is 1.05 bits per heavy atom. The maximum Gasteiger partial charge on any atom is 0.162 e. The van der Waals surface area contributed by atoms with E-state index in [1.54, 1.807) is 0 Å². The topological polar surface area (TPSA) is 17.1 Å². The minimum absolute atomic E-state index is 0.0232. The molecule has 1 aliphatic carbocycles. The molecule has 0 heterocycles. The van der Waals surface area contributed by atoms with Crippen molar-refractivity contribution < 1.29 is 4.79 Å². The molecule has 110 valence electrons. The second-order valence-corrected chi connectivity index (χ2v) is 8.10. The fourth-order valence-corrected chi connectivity index (χ4v) is 3.23. The number of ketones is 1. The highest BCUT2D eigenvalue weighted by Gasteiger charge is 2.38. The highest BCUT2D eigenvalue weighted by molar-refractivity contribution is 6.00. The molecule has 0 amide bonds. The van der Waals surface area contributed by atoms with E-state index in [9.17, 15) is 4.79 Å². The van der Waals surface area contributed by atoms with Gasteiger partial charge in [0.2, 0.25) is 0 Å². The van der Waals surface area contributed by atoms with Gasteiger partial charge in [0.25, 0.3) is 0 Å². The summed E-state index contributed by atoms with van der Waals surface area (Å²) in [5.41, 5.74) is 2.63. The first-order chi connectivity index (χ1) is 8.59. The maximum absolute atomic E-state index is 12.9. The summed E-state index contributed by atoms with van der Waals surface area (Å²) in [6, 6.07) is 0. The summed E-state index contributed by atoms with van der Waals surface area (Å²) in [6.07, 6.45) is 5.61. The van der Waals surface area contributed by atoms with E-state index in [0.29, 0.717) is 5.78 Å². The standard InChI is InChI=1S/C18H32O/c1-8-9-10-13-11-12-14(17(2,3)4)15(16(13)19)18(5,6)7/h13H,8-12H2,1-7H3. The quantitative estimate of drug-likeness (QED) is 0.653. The van der Waals surface area contributed by atoms with Crippen molar-refractivity contribution in [3.63, 3.8) is 0 Å². The molecule has 1 atom stereocenters. The highest BCUT2D eigenvalue weighted by Crippen LogP contribution is 2.45. The van der Waals surface area contributed by atoms with Gasteiger partial charge in [-0.25, -0.2) is 0 Å². The van der Waals surface area contributed by atoms with Crippen molar-refractivity contribution in [3.8, 4) is 0 Å². The number of carbonyl (C=O) groups is 1. The van der Waals surface area contributed by atoms with Crippen LogP contribution in [0.4, 0.5) is 0 Å². The summed E-state index contributed by atoms with van der Waals surface area (Å²) in [7, 11) is 0. The number of Topliss-reactive ketones (excluding diaryl/α,β-unsaturated/α-hetero) is 1. The molecule has 0 radical (unpaired) electrons. The van der Waals surface area contributed by atoms with Crippen molar-refractivity contribution in [2.24, 2.45) is 16.7 Å². The Hall–Kier alpha value is -0.590. The number of carbonyl (C=O) groups excluding carboxylic acids is 1. The van der Waals surface area contributed by atoms with Gasteiger partial charge in [0, 0.05) is 11.5 Å². The van der Waals surface area contributed by atoms with Crippen LogP contribution in [0.5, 0.6) is 0 Å². The van der Waals surface area contributed by atoms with Crippen LogP contribution in [-0.4, -0.2) is 5.78 Å². The zero-order valence-corrected chi connectivity index (χ0v) is 14.0. The van der Waals surface area contributed by atoms with Gasteiger partial charge in [0.15, 0.2) is 5.78 Å². The second kappa shape index (κ2) is 5.81. The molecule has 0 saturated heterocycles. The van der Waals surface area contributed by atoms with E-state index in [4.69, 9.17) is 0 Å². The number of hydrogen-bond acceptors (Lipinski definition) is 1. The van der Waals surface area contributed by atoms with Gasteiger partial charge >= 0.3 is 0 Å². The minimum atomic E-state index is -0.0232. The smallest absolute Gasteiger partial charge is 0.162 e. The van der Waals surface area contributed by atoms with Crippen molar-refractivity contribution in [2.45, 2.75) is 80.6 Å². The number of hydrogen-bond donors (Lipinski definition) is 0. The SMILES string of the molecule is CCCCC1CCC(C(C)(C)C)=C(C(C)(C)C)C1=O. The molecule has 1 aliphatic rings. The average Bonchev–Trinajstić information content (AvgIpc) is 2.24. The highest BCUT2D eigenvalue weighted by atomic mass is 16.1. The van der Waals surface area contributed by atoms with Crippen LogP contribution in [0.2, 0.25) is 0 Å². The molecule has 1 rings (SSSR count). The second-order valence-electron chi connectivity index (χ2n) is 8.10. The van der Waals surface area contributed by atoms with E-state index in [1.165, 1.54) is 18.4 Å². The van der Waals surface area contributed by atoms with Crippen molar-refractivity contribution in [1.29, 1.82) is 0 Å². The Kier molecular flexibility index (Phi) is 5.03. The fraction of sp³-hybridized carbons (Fsp3) is 0.833. The Morgan fingerprint density at radius 2 is 1.63 bits per heavy atom. The van der Waals surface area contributed by atoms with E-state index in [0.717, 1.165) is 24.8 Å². The monoisotopic (exact) mass is 264 g/mol. The maximum atomic E-state index is 12.9. The summed E-state index contributed by atoms with van der Waals surface area (Å²) < 4.78 is 0. The van der Waals surface area contributed by atoms with Crippen LogP contribution in [0.1, 0.15) is 80.6 Å². The molecule has 0 aromatic rings. The van der Waals surface area contributed by atoms with Gasteiger partial charge in [0.05, 0.1) is 0 Å². The summed E-state index contributed by atoms with van der Waals surface area (Å²) in [5, 5.41) is 0. The van der Waals surface area contributed by atoms with E-state index >= 15 is 0 Å². The molecule has 0 N–H and O–H groups in total. The van der Waals surface area contributed by atoms with E-state index in [2.05, 4.69) is 48.5 Å². The number of unbranched alkanes of at least 4 members (excludes halogenated alkanes) is 1. The largest absolute Gasteiger partial charge is 0.294 e. The lowest BCUT2D eigenvalue weighted by atomic mass is 9.65. The van der Waals surface area contributed by atoms with Crippen molar-refractivity contribution in [2.75, 3.05) is 0 Å². The summed E-state index contributed by atoms with van der Waals surface area (Å²) in [4.78, 5) is 12.9. The van der Waals surface area contributed by atoms with Crippen LogP contribution >= 0.6 is 0 Å². The molecule has 0 aliphatic heterocycles. The van der Waals surface area contributed by atoms with Gasteiger partial charge in [-0.15, -0.1) is 0 Å². The van der Waals surface area contributed by atoms with Crippen molar-refractivity contribution in [1.82, 2.24) is 0 Å². The van der Waals surface area contributed by atoms with Gasteiger partial charge in [-0.2, -0.15) is 0 Å². The Bertz CT molecular complexity index is 360. The van der Waals surface area contributed by atoms with Crippen molar-refractivity contribution in [3.05, 3.63) is 11.1 Å². The Balaban J connectivity index is 3.15. The van der Waals surface area contributed by atoms with Gasteiger partial charge in [-0.05, 0) is 30.1 Å². The summed E-state index contributed by atoms with van der Waals surface area (Å²) in [6.45, 7) is 15.5. The molecule has 0 aromatic carbocycles. The lowest BCUT2D eigenvalue weighted by Crippen LogP contribution is -2.33. The normalized spacial score (nSPS) is 22.1. The number of allylic oxidation sites excluding steroid dienone is 2. The minimum Gasteiger partial charge on any atom is -0.294 e. The molecule has 1 heteroatoms. The molecule has 1 nitrogen and oxygen atoms in total. The predicted octanol–water partition coefficient (Wildman–Crippen LogP) is 5.54. The third kappa shape index (κ3) is 3.94. The van der Waals surface area contributed by atoms with E-state index in [1.807, 2.05) is 0 Å². The van der Waals surface area contributed by atoms with Gasteiger partial charge in [-0.1, -0.05) is 66.9 Å². The molecule has 0 saturated carbocycles. The van der Waals surface area contributed by atoms with Gasteiger partial charge < -0.3 is 0 Å². The molecule has 19 heavy (non-hydrogen) atoms. The molecule has 0 spiro atoms. The summed E-state index contributed by atoms with van der Waals surface area (Å²) >= 11 is 0. The van der Waals surface area contributed by atoms with Crippen LogP contribution in [0.3, 0.4) is 0 Å². The molecular weight excluding hydrogens is 232 g/mol. The molecule has 0 aromatic heterocycles. The first-order valence-corrected chi connectivity index (χ1v) is 7.87. The Labute approximate surface area is 119 Å². The molecule has 0 fully saturated rings. The third-order valence-corrected chi connectivity index (χ3v) is 4.22. The zero-order valence-electron chi connectivity index (χ0n) is 14.0. The molecule has 0 bridgehead atoms. The van der Waals surface area contributed by atoms with E-state index in [-0.39, 0.29) is 16.7 Å². The fourth-order valence-electron chi connectivity index (χ4n) is 3.23. The molecule has 1 unspecified atom stereocenters. The number of rotatable bonds is 3. The lowest BCUT2D eigenvalue weighted by Gasteiger charge is -2.38. The van der Waals surface area contributed by atoms with Crippen molar-refractivity contribution >= 4 is 5.78 Å². The van der Waals surface area contributed by atoms with Gasteiger partial charge in [-0.3, -0.25) is 4.79 Å². The Morgan fingerprint density at radius 3 is 2.05 bits per heavy atom. The first-order valence-electron chi connectivity index (χ1n) is 7.87. The van der Waals surface area contributed by atoms with Gasteiger partial charge in [0.1, 0.15) is 0 Å². The van der Waals surface area contributed by atoms with E-state index < -0.39 is 0 Å². The van der Waals surface area contributed by atoms with Crippen LogP contribution in [0.25, 0.3) is 0 Å². The first kappa shape index (κ1) is 16.5.